The number of halogens is 3. The zero-order valence-corrected chi connectivity index (χ0v) is 16.6. The largest absolute Gasteiger partial charge is 0.478 e. The van der Waals surface area contributed by atoms with Crippen molar-refractivity contribution in [3.05, 3.63) is 27.4 Å². The van der Waals surface area contributed by atoms with Crippen LogP contribution >= 0.6 is 67.8 Å². The summed E-state index contributed by atoms with van der Waals surface area (Å²) in [5.74, 6) is -2.07. The number of hydrogen-bond acceptors (Lipinski definition) is 3. The third-order valence-electron chi connectivity index (χ3n) is 2.38. The average molecular weight is 614 g/mol. The zero-order valence-electron chi connectivity index (χ0n) is 10.1. The van der Waals surface area contributed by atoms with E-state index in [0.29, 0.717) is 16.3 Å². The van der Waals surface area contributed by atoms with E-state index in [1.807, 2.05) is 45.2 Å². The standard InChI is InChI=1S/C11H9I3N2O4/c1-3(17)16-2-4-7(12)5(10(15)18)9(14)6(8(4)13)11(19)20/h2H2,1H3,(H2,15,18)(H,16,17)(H,19,20). The highest BCUT2D eigenvalue weighted by molar-refractivity contribution is 14.1. The number of benzene rings is 1. The van der Waals surface area contributed by atoms with Gasteiger partial charge in [-0.2, -0.15) is 0 Å². The van der Waals surface area contributed by atoms with Crippen LogP contribution in [0.25, 0.3) is 0 Å². The predicted octanol–water partition coefficient (Wildman–Crippen LogP) is 1.93. The van der Waals surface area contributed by atoms with Gasteiger partial charge in [-0.3, -0.25) is 9.59 Å². The first-order valence-corrected chi connectivity index (χ1v) is 8.38. The number of carboxylic acid groups (broad SMARTS) is 1. The number of amides is 2. The van der Waals surface area contributed by atoms with Crippen LogP contribution in [0.3, 0.4) is 0 Å². The molecule has 0 aliphatic heterocycles. The van der Waals surface area contributed by atoms with Gasteiger partial charge in [0.15, 0.2) is 0 Å². The number of nitrogens with two attached hydrogens (primary N) is 1. The lowest BCUT2D eigenvalue weighted by Gasteiger charge is -2.16. The molecule has 0 unspecified atom stereocenters. The maximum Gasteiger partial charge on any atom is 0.337 e. The quantitative estimate of drug-likeness (QED) is 0.451. The molecule has 0 bridgehead atoms. The van der Waals surface area contributed by atoms with Crippen molar-refractivity contribution in [2.24, 2.45) is 5.73 Å². The second-order valence-corrected chi connectivity index (χ2v) is 6.99. The number of carbonyl (C=O) groups is 3. The summed E-state index contributed by atoms with van der Waals surface area (Å²) in [4.78, 5) is 33.9. The van der Waals surface area contributed by atoms with Crippen molar-refractivity contribution in [1.29, 1.82) is 0 Å². The number of primary amides is 1. The minimum atomic E-state index is -1.14. The Hall–Kier alpha value is -0.180. The summed E-state index contributed by atoms with van der Waals surface area (Å²) in [7, 11) is 0. The SMILES string of the molecule is CC(=O)NCc1c(I)c(C(N)=O)c(I)c(C(=O)O)c1I. The molecule has 0 aromatic heterocycles. The molecule has 2 amide bonds. The molecule has 0 atom stereocenters. The second kappa shape index (κ2) is 7.20. The highest BCUT2D eigenvalue weighted by Gasteiger charge is 2.26. The normalized spacial score (nSPS) is 10.2. The lowest BCUT2D eigenvalue weighted by Crippen LogP contribution is -2.25. The fraction of sp³-hybridized carbons (Fsp3) is 0.182. The van der Waals surface area contributed by atoms with Gasteiger partial charge in [-0.25, -0.2) is 4.79 Å². The van der Waals surface area contributed by atoms with Gasteiger partial charge in [0.05, 0.1) is 11.1 Å². The van der Waals surface area contributed by atoms with Gasteiger partial charge in [-0.05, 0) is 73.3 Å². The van der Waals surface area contributed by atoms with Crippen LogP contribution in [0.1, 0.15) is 33.2 Å². The van der Waals surface area contributed by atoms with Gasteiger partial charge in [-0.15, -0.1) is 0 Å². The van der Waals surface area contributed by atoms with E-state index in [0.717, 1.165) is 0 Å². The number of aromatic carboxylic acids is 1. The van der Waals surface area contributed by atoms with Gasteiger partial charge in [0, 0.05) is 24.2 Å². The molecule has 1 aromatic rings. The molecule has 0 aliphatic carbocycles. The van der Waals surface area contributed by atoms with Crippen molar-refractivity contribution >= 4 is 85.6 Å². The van der Waals surface area contributed by atoms with E-state index >= 15 is 0 Å². The molecule has 1 rings (SSSR count). The van der Waals surface area contributed by atoms with Crippen molar-refractivity contribution in [3.8, 4) is 0 Å². The van der Waals surface area contributed by atoms with E-state index in [1.165, 1.54) is 6.92 Å². The van der Waals surface area contributed by atoms with Gasteiger partial charge in [0.1, 0.15) is 0 Å². The molecule has 9 heteroatoms. The molecule has 108 valence electrons. The van der Waals surface area contributed by atoms with Crippen LogP contribution in [0.5, 0.6) is 0 Å². The number of nitrogens with one attached hydrogen (secondary N) is 1. The highest BCUT2D eigenvalue weighted by atomic mass is 127. The fourth-order valence-electron chi connectivity index (χ4n) is 1.49. The molecule has 4 N–H and O–H groups in total. The first kappa shape index (κ1) is 17.9. The number of hydrogen-bond donors (Lipinski definition) is 3. The average Bonchev–Trinajstić information content (AvgIpc) is 2.26. The number of rotatable bonds is 4. The van der Waals surface area contributed by atoms with Crippen LogP contribution in [-0.4, -0.2) is 22.9 Å². The number of carbonyl (C=O) groups excluding carboxylic acids is 2. The van der Waals surface area contributed by atoms with E-state index in [1.54, 1.807) is 22.6 Å². The summed E-state index contributed by atoms with van der Waals surface area (Å²) in [6.07, 6.45) is 0. The van der Waals surface area contributed by atoms with Crippen molar-refractivity contribution in [1.82, 2.24) is 5.32 Å². The Balaban J connectivity index is 3.62. The lowest BCUT2D eigenvalue weighted by atomic mass is 10.0. The topological polar surface area (TPSA) is 109 Å². The van der Waals surface area contributed by atoms with Crippen molar-refractivity contribution in [3.63, 3.8) is 0 Å². The summed E-state index contributed by atoms with van der Waals surface area (Å²) in [6.45, 7) is 1.50. The molecule has 0 heterocycles. The van der Waals surface area contributed by atoms with Crippen LogP contribution in [0.2, 0.25) is 0 Å². The summed E-state index contributed by atoms with van der Waals surface area (Å²) >= 11 is 5.64. The van der Waals surface area contributed by atoms with Gasteiger partial charge < -0.3 is 16.2 Å². The monoisotopic (exact) mass is 614 g/mol. The highest BCUT2D eigenvalue weighted by Crippen LogP contribution is 2.31. The third-order valence-corrected chi connectivity index (χ3v) is 5.84. The molecule has 0 aliphatic rings. The third kappa shape index (κ3) is 3.72. The maximum atomic E-state index is 11.5. The van der Waals surface area contributed by atoms with Crippen molar-refractivity contribution in [2.45, 2.75) is 13.5 Å². The van der Waals surface area contributed by atoms with Crippen LogP contribution < -0.4 is 11.1 Å². The lowest BCUT2D eigenvalue weighted by molar-refractivity contribution is -0.119. The summed E-state index contributed by atoms with van der Waals surface area (Å²) < 4.78 is 1.35. The van der Waals surface area contributed by atoms with Crippen LogP contribution in [-0.2, 0) is 11.3 Å². The Kier molecular flexibility index (Phi) is 6.43. The smallest absolute Gasteiger partial charge is 0.337 e. The molecular weight excluding hydrogens is 605 g/mol. The van der Waals surface area contributed by atoms with Crippen molar-refractivity contribution in [2.75, 3.05) is 0 Å². The Labute approximate surface area is 155 Å². The molecule has 0 fully saturated rings. The Morgan fingerprint density at radius 3 is 2.00 bits per heavy atom. The van der Waals surface area contributed by atoms with Gasteiger partial charge in [0.25, 0.3) is 5.91 Å². The summed E-state index contributed by atoms with van der Waals surface area (Å²) in [5, 5.41) is 11.9. The van der Waals surface area contributed by atoms with E-state index < -0.39 is 11.9 Å². The summed E-state index contributed by atoms with van der Waals surface area (Å²) in [6, 6.07) is 0. The van der Waals surface area contributed by atoms with Gasteiger partial charge >= 0.3 is 5.97 Å². The molecule has 0 saturated heterocycles. The molecule has 6 nitrogen and oxygen atoms in total. The van der Waals surface area contributed by atoms with Crippen molar-refractivity contribution < 1.29 is 19.5 Å². The van der Waals surface area contributed by atoms with Gasteiger partial charge in [-0.1, -0.05) is 0 Å². The van der Waals surface area contributed by atoms with E-state index in [4.69, 9.17) is 5.73 Å². The maximum absolute atomic E-state index is 11.5. The molecule has 0 radical (unpaired) electrons. The summed E-state index contributed by atoms with van der Waals surface area (Å²) in [5.41, 5.74) is 6.10. The van der Waals surface area contributed by atoms with Crippen LogP contribution in [0.15, 0.2) is 0 Å². The molecular formula is C11H9I3N2O4. The Bertz CT molecular complexity index is 575. The molecule has 1 aromatic carbocycles. The van der Waals surface area contributed by atoms with Gasteiger partial charge in [0.2, 0.25) is 5.91 Å². The minimum absolute atomic E-state index is 0.0285. The van der Waals surface area contributed by atoms with Crippen LogP contribution in [0.4, 0.5) is 0 Å². The molecule has 0 spiro atoms. The second-order valence-electron chi connectivity index (χ2n) is 3.75. The Morgan fingerprint density at radius 1 is 1.10 bits per heavy atom. The first-order valence-electron chi connectivity index (χ1n) is 5.15. The Morgan fingerprint density at radius 2 is 1.60 bits per heavy atom. The van der Waals surface area contributed by atoms with E-state index in [9.17, 15) is 19.5 Å². The first-order chi connectivity index (χ1) is 9.18. The van der Waals surface area contributed by atoms with E-state index in [-0.39, 0.29) is 23.6 Å². The molecule has 0 saturated carbocycles. The van der Waals surface area contributed by atoms with Crippen LogP contribution in [0, 0.1) is 10.7 Å². The zero-order chi connectivity index (χ0) is 15.6. The predicted molar refractivity (Wildman–Crippen MR) is 97.6 cm³/mol. The number of carboxylic acids is 1. The van der Waals surface area contributed by atoms with E-state index in [2.05, 4.69) is 5.32 Å². The molecule has 20 heavy (non-hydrogen) atoms. The fourth-order valence-corrected chi connectivity index (χ4v) is 6.03. The minimum Gasteiger partial charge on any atom is -0.478 e.